The Labute approximate surface area is 81.1 Å². The van der Waals surface area contributed by atoms with Crippen LogP contribution < -0.4 is 16.8 Å². The minimum Gasteiger partial charge on any atom is -0.366 e. The van der Waals surface area contributed by atoms with Gasteiger partial charge in [0.1, 0.15) is 0 Å². The fraction of sp³-hybridized carbons (Fsp3) is 0.111. The summed E-state index contributed by atoms with van der Waals surface area (Å²) in [5, 5.41) is 2.36. The van der Waals surface area contributed by atoms with E-state index in [1.165, 1.54) is 6.07 Å². The number of aryl methyl sites for hydroxylation is 1. The Morgan fingerprint density at radius 2 is 1.93 bits per heavy atom. The molecule has 0 aliphatic carbocycles. The number of urea groups is 1. The maximum atomic E-state index is 11.0. The summed E-state index contributed by atoms with van der Waals surface area (Å²) in [5.41, 5.74) is 11.4. The third-order valence-corrected chi connectivity index (χ3v) is 1.79. The number of carbonyl (C=O) groups excluding carboxylic acids is 2. The van der Waals surface area contributed by atoms with Crippen LogP contribution in [0, 0.1) is 6.92 Å². The summed E-state index contributed by atoms with van der Waals surface area (Å²) in [6, 6.07) is 4.24. The van der Waals surface area contributed by atoms with Gasteiger partial charge < -0.3 is 16.8 Å². The molecule has 0 heterocycles. The van der Waals surface area contributed by atoms with Gasteiger partial charge in [-0.1, -0.05) is 12.1 Å². The molecule has 0 atom stereocenters. The highest BCUT2D eigenvalue weighted by Gasteiger charge is 2.10. The number of primary amides is 2. The van der Waals surface area contributed by atoms with E-state index >= 15 is 0 Å². The van der Waals surface area contributed by atoms with Crippen molar-refractivity contribution < 1.29 is 9.59 Å². The summed E-state index contributed by atoms with van der Waals surface area (Å²) in [6.45, 7) is 1.75. The van der Waals surface area contributed by atoms with Gasteiger partial charge >= 0.3 is 6.03 Å². The van der Waals surface area contributed by atoms with Gasteiger partial charge in [-0.3, -0.25) is 4.79 Å². The van der Waals surface area contributed by atoms with Crippen LogP contribution in [0.5, 0.6) is 0 Å². The van der Waals surface area contributed by atoms with Crippen LogP contribution in [0.2, 0.25) is 0 Å². The average Bonchev–Trinajstić information content (AvgIpc) is 2.07. The normalized spacial score (nSPS) is 9.50. The fourth-order valence-electron chi connectivity index (χ4n) is 1.16. The number of benzene rings is 1. The van der Waals surface area contributed by atoms with E-state index in [4.69, 9.17) is 11.5 Å². The molecule has 5 nitrogen and oxygen atoms in total. The topological polar surface area (TPSA) is 98.2 Å². The van der Waals surface area contributed by atoms with Gasteiger partial charge in [-0.05, 0) is 18.6 Å². The summed E-state index contributed by atoms with van der Waals surface area (Å²) in [7, 11) is 0. The first kappa shape index (κ1) is 10.0. The van der Waals surface area contributed by atoms with Gasteiger partial charge in [-0.2, -0.15) is 0 Å². The number of hydrogen-bond acceptors (Lipinski definition) is 2. The molecule has 0 saturated heterocycles. The number of nitrogens with one attached hydrogen (secondary N) is 1. The molecule has 1 rings (SSSR count). The highest BCUT2D eigenvalue weighted by molar-refractivity contribution is 6.03. The van der Waals surface area contributed by atoms with E-state index in [1.807, 2.05) is 0 Å². The number of para-hydroxylation sites is 1. The van der Waals surface area contributed by atoms with Crippen molar-refractivity contribution in [2.75, 3.05) is 5.32 Å². The van der Waals surface area contributed by atoms with Crippen molar-refractivity contribution in [3.8, 4) is 0 Å². The van der Waals surface area contributed by atoms with E-state index in [0.717, 1.165) is 5.56 Å². The van der Waals surface area contributed by atoms with E-state index in [-0.39, 0.29) is 5.56 Å². The Kier molecular flexibility index (Phi) is 2.71. The van der Waals surface area contributed by atoms with Crippen LogP contribution in [-0.4, -0.2) is 11.9 Å². The van der Waals surface area contributed by atoms with Crippen LogP contribution in [0.1, 0.15) is 15.9 Å². The van der Waals surface area contributed by atoms with Crippen LogP contribution >= 0.6 is 0 Å². The van der Waals surface area contributed by atoms with Crippen LogP contribution in [0.3, 0.4) is 0 Å². The van der Waals surface area contributed by atoms with Crippen molar-refractivity contribution in [3.05, 3.63) is 29.3 Å². The lowest BCUT2D eigenvalue weighted by molar-refractivity contribution is 0.100. The molecule has 0 aliphatic heterocycles. The molecule has 5 heteroatoms. The average molecular weight is 193 g/mol. The Morgan fingerprint density at radius 1 is 1.29 bits per heavy atom. The summed E-state index contributed by atoms with van der Waals surface area (Å²) < 4.78 is 0. The van der Waals surface area contributed by atoms with Crippen molar-refractivity contribution in [3.63, 3.8) is 0 Å². The molecule has 0 aliphatic rings. The number of amides is 3. The van der Waals surface area contributed by atoms with E-state index in [9.17, 15) is 9.59 Å². The molecule has 0 spiro atoms. The summed E-state index contributed by atoms with van der Waals surface area (Å²) in [5.74, 6) is -0.600. The number of hydrogen-bond donors (Lipinski definition) is 3. The molecule has 0 fully saturated rings. The predicted octanol–water partition coefficient (Wildman–Crippen LogP) is 0.585. The minimum atomic E-state index is -0.721. The SMILES string of the molecule is Cc1cccc(C(N)=O)c1NC(N)=O. The zero-order valence-corrected chi connectivity index (χ0v) is 7.70. The molecular formula is C9H11N3O2. The largest absolute Gasteiger partial charge is 0.366 e. The van der Waals surface area contributed by atoms with Crippen LogP contribution in [-0.2, 0) is 0 Å². The van der Waals surface area contributed by atoms with Gasteiger partial charge in [0.2, 0.25) is 0 Å². The second kappa shape index (κ2) is 3.78. The van der Waals surface area contributed by atoms with Crippen molar-refractivity contribution in [1.82, 2.24) is 0 Å². The van der Waals surface area contributed by atoms with Crippen molar-refractivity contribution in [2.24, 2.45) is 11.5 Å². The first-order valence-corrected chi connectivity index (χ1v) is 3.98. The van der Waals surface area contributed by atoms with Crippen molar-refractivity contribution in [1.29, 1.82) is 0 Å². The molecule has 0 unspecified atom stereocenters. The van der Waals surface area contributed by atoms with Gasteiger partial charge in [-0.15, -0.1) is 0 Å². The molecule has 74 valence electrons. The predicted molar refractivity (Wildman–Crippen MR) is 52.9 cm³/mol. The molecule has 5 N–H and O–H groups in total. The first-order valence-electron chi connectivity index (χ1n) is 3.98. The number of nitrogens with two attached hydrogens (primary N) is 2. The summed E-state index contributed by atoms with van der Waals surface area (Å²) in [4.78, 5) is 21.6. The molecule has 1 aromatic rings. The van der Waals surface area contributed by atoms with E-state index in [0.29, 0.717) is 5.69 Å². The van der Waals surface area contributed by atoms with Gasteiger partial charge in [-0.25, -0.2) is 4.79 Å². The lowest BCUT2D eigenvalue weighted by Crippen LogP contribution is -2.23. The van der Waals surface area contributed by atoms with Crippen LogP contribution in [0.15, 0.2) is 18.2 Å². The Balaban J connectivity index is 3.22. The van der Waals surface area contributed by atoms with Gasteiger partial charge in [0.15, 0.2) is 0 Å². The van der Waals surface area contributed by atoms with E-state index in [2.05, 4.69) is 5.32 Å². The van der Waals surface area contributed by atoms with Crippen LogP contribution in [0.25, 0.3) is 0 Å². The van der Waals surface area contributed by atoms with Gasteiger partial charge in [0.25, 0.3) is 5.91 Å². The number of rotatable bonds is 2. The van der Waals surface area contributed by atoms with Crippen molar-refractivity contribution in [2.45, 2.75) is 6.92 Å². The monoisotopic (exact) mass is 193 g/mol. The zero-order chi connectivity index (χ0) is 10.7. The maximum Gasteiger partial charge on any atom is 0.316 e. The molecule has 0 bridgehead atoms. The lowest BCUT2D eigenvalue weighted by atomic mass is 10.1. The van der Waals surface area contributed by atoms with Crippen molar-refractivity contribution >= 4 is 17.6 Å². The minimum absolute atomic E-state index is 0.254. The molecule has 0 radical (unpaired) electrons. The Hall–Kier alpha value is -2.04. The van der Waals surface area contributed by atoms with E-state index < -0.39 is 11.9 Å². The molecular weight excluding hydrogens is 182 g/mol. The van der Waals surface area contributed by atoms with Gasteiger partial charge in [0, 0.05) is 0 Å². The fourth-order valence-corrected chi connectivity index (χ4v) is 1.16. The highest BCUT2D eigenvalue weighted by atomic mass is 16.2. The Bertz CT molecular complexity index is 388. The number of anilines is 1. The molecule has 14 heavy (non-hydrogen) atoms. The second-order valence-electron chi connectivity index (χ2n) is 2.85. The summed E-state index contributed by atoms with van der Waals surface area (Å²) >= 11 is 0. The zero-order valence-electron chi connectivity index (χ0n) is 7.70. The molecule has 0 saturated carbocycles. The molecule has 3 amide bonds. The summed E-state index contributed by atoms with van der Waals surface area (Å²) in [6.07, 6.45) is 0. The van der Waals surface area contributed by atoms with Gasteiger partial charge in [0.05, 0.1) is 11.3 Å². The smallest absolute Gasteiger partial charge is 0.316 e. The number of carbonyl (C=O) groups is 2. The molecule has 1 aromatic carbocycles. The first-order chi connectivity index (χ1) is 6.52. The van der Waals surface area contributed by atoms with Crippen LogP contribution in [0.4, 0.5) is 10.5 Å². The lowest BCUT2D eigenvalue weighted by Gasteiger charge is -2.09. The molecule has 0 aromatic heterocycles. The third kappa shape index (κ3) is 2.01. The highest BCUT2D eigenvalue weighted by Crippen LogP contribution is 2.19. The third-order valence-electron chi connectivity index (χ3n) is 1.79. The Morgan fingerprint density at radius 3 is 2.43 bits per heavy atom. The second-order valence-corrected chi connectivity index (χ2v) is 2.85. The van der Waals surface area contributed by atoms with E-state index in [1.54, 1.807) is 19.1 Å². The quantitative estimate of drug-likeness (QED) is 0.640. The maximum absolute atomic E-state index is 11.0. The standard InChI is InChI=1S/C9H11N3O2/c1-5-3-2-4-6(8(10)13)7(5)12-9(11)14/h2-4H,1H3,(H2,10,13)(H3,11,12,14).